The summed E-state index contributed by atoms with van der Waals surface area (Å²) in [5.74, 6) is 1.68. The Kier molecular flexibility index (Phi) is 8.40. The van der Waals surface area contributed by atoms with E-state index in [-0.39, 0.29) is 5.91 Å². The van der Waals surface area contributed by atoms with E-state index in [1.54, 1.807) is 0 Å². The molecule has 0 atom stereocenters. The number of amides is 1. The molecule has 3 aliphatic rings. The number of nitrogens with zero attached hydrogens (tertiary/aromatic N) is 1. The van der Waals surface area contributed by atoms with Crippen LogP contribution < -0.4 is 10.1 Å². The molecule has 5 nitrogen and oxygen atoms in total. The fourth-order valence-corrected chi connectivity index (χ4v) is 5.79. The number of hydrogen-bond donors (Lipinski definition) is 1. The minimum atomic E-state index is 0.0431. The second kappa shape index (κ2) is 12.1. The number of hydrogen-bond acceptors (Lipinski definition) is 4. The van der Waals surface area contributed by atoms with Crippen LogP contribution in [-0.2, 0) is 9.53 Å². The van der Waals surface area contributed by atoms with Gasteiger partial charge in [-0.1, -0.05) is 35.9 Å². The van der Waals surface area contributed by atoms with Crippen LogP contribution in [-0.4, -0.2) is 56.3 Å². The SMILES string of the molecule is Cc1ccc(-c2ccc3c(c2)C=C(C(=O)NCCCC2CCN(C4CCOCC4)CC2)CCO3)cc1. The molecule has 0 aliphatic carbocycles. The predicted molar refractivity (Wildman–Crippen MR) is 145 cm³/mol. The van der Waals surface area contributed by atoms with Crippen LogP contribution in [0.5, 0.6) is 5.75 Å². The standard InChI is InChI=1S/C31H40N2O3/c1-23-4-6-25(7-5-23)26-8-9-30-28(21-26)22-27(12-20-36-30)31(34)32-15-2-3-24-10-16-33(17-11-24)29-13-18-35-19-14-29/h4-9,21-22,24,29H,2-3,10-20H2,1H3,(H,32,34). The van der Waals surface area contributed by atoms with Gasteiger partial charge in [-0.3, -0.25) is 4.79 Å². The molecule has 0 saturated carbocycles. The number of piperidine rings is 1. The fraction of sp³-hybridized carbons (Fsp3) is 0.516. The Labute approximate surface area is 215 Å². The van der Waals surface area contributed by atoms with Gasteiger partial charge >= 0.3 is 0 Å². The Hall–Kier alpha value is -2.63. The molecule has 0 bridgehead atoms. The highest BCUT2D eigenvalue weighted by molar-refractivity contribution is 5.98. The Morgan fingerprint density at radius 1 is 0.972 bits per heavy atom. The normalized spacial score (nSPS) is 19.6. The quantitative estimate of drug-likeness (QED) is 0.515. The van der Waals surface area contributed by atoms with Crippen molar-refractivity contribution in [3.05, 3.63) is 59.2 Å². The number of carbonyl (C=O) groups excluding carboxylic acids is 1. The van der Waals surface area contributed by atoms with Gasteiger partial charge in [-0.15, -0.1) is 0 Å². The van der Waals surface area contributed by atoms with Gasteiger partial charge in [-0.2, -0.15) is 0 Å². The highest BCUT2D eigenvalue weighted by atomic mass is 16.5. The van der Waals surface area contributed by atoms with Gasteiger partial charge < -0.3 is 19.7 Å². The Morgan fingerprint density at radius 2 is 1.72 bits per heavy atom. The molecule has 192 valence electrons. The summed E-state index contributed by atoms with van der Waals surface area (Å²) in [6, 6.07) is 15.5. The van der Waals surface area contributed by atoms with Gasteiger partial charge in [-0.25, -0.2) is 0 Å². The van der Waals surface area contributed by atoms with Crippen molar-refractivity contribution in [3.8, 4) is 16.9 Å². The van der Waals surface area contributed by atoms with Crippen molar-refractivity contribution < 1.29 is 14.3 Å². The average molecular weight is 489 g/mol. The number of aryl methyl sites for hydroxylation is 1. The summed E-state index contributed by atoms with van der Waals surface area (Å²) in [6.45, 7) is 7.66. The van der Waals surface area contributed by atoms with E-state index in [1.165, 1.54) is 56.3 Å². The van der Waals surface area contributed by atoms with Gasteiger partial charge in [0, 0.05) is 43.4 Å². The van der Waals surface area contributed by atoms with E-state index in [2.05, 4.69) is 53.5 Å². The van der Waals surface area contributed by atoms with Crippen LogP contribution in [0.3, 0.4) is 0 Å². The second-order valence-corrected chi connectivity index (χ2v) is 10.6. The van der Waals surface area contributed by atoms with E-state index in [1.807, 2.05) is 12.1 Å². The maximum atomic E-state index is 13.0. The van der Waals surface area contributed by atoms with Crippen molar-refractivity contribution in [2.45, 2.75) is 57.9 Å². The predicted octanol–water partition coefficient (Wildman–Crippen LogP) is 5.62. The van der Waals surface area contributed by atoms with Gasteiger partial charge in [0.25, 0.3) is 0 Å². The zero-order valence-corrected chi connectivity index (χ0v) is 21.6. The summed E-state index contributed by atoms with van der Waals surface area (Å²) in [6.07, 6.45) is 9.84. The summed E-state index contributed by atoms with van der Waals surface area (Å²) in [7, 11) is 0. The number of nitrogens with one attached hydrogen (secondary N) is 1. The maximum absolute atomic E-state index is 13.0. The van der Waals surface area contributed by atoms with Gasteiger partial charge in [-0.05, 0) is 93.8 Å². The number of rotatable bonds is 7. The summed E-state index contributed by atoms with van der Waals surface area (Å²) >= 11 is 0. The molecular weight excluding hydrogens is 448 g/mol. The first-order valence-corrected chi connectivity index (χ1v) is 13.8. The van der Waals surface area contributed by atoms with Crippen molar-refractivity contribution >= 4 is 12.0 Å². The maximum Gasteiger partial charge on any atom is 0.247 e. The van der Waals surface area contributed by atoms with Crippen molar-refractivity contribution in [1.29, 1.82) is 0 Å². The van der Waals surface area contributed by atoms with Crippen LogP contribution in [0.4, 0.5) is 0 Å². The fourth-order valence-electron chi connectivity index (χ4n) is 5.79. The largest absolute Gasteiger partial charge is 0.493 e. The van der Waals surface area contributed by atoms with Gasteiger partial charge in [0.1, 0.15) is 5.75 Å². The number of ether oxygens (including phenoxy) is 2. The molecule has 5 heteroatoms. The van der Waals surface area contributed by atoms with Crippen LogP contribution in [0.15, 0.2) is 48.0 Å². The Bertz CT molecular complexity index is 1050. The average Bonchev–Trinajstić information content (AvgIpc) is 3.14. The topological polar surface area (TPSA) is 50.8 Å². The molecule has 2 aromatic carbocycles. The van der Waals surface area contributed by atoms with Crippen LogP contribution >= 0.6 is 0 Å². The number of fused-ring (bicyclic) bond motifs is 1. The molecule has 1 N–H and O–H groups in total. The first kappa shape index (κ1) is 25.0. The lowest BCUT2D eigenvalue weighted by Crippen LogP contribution is -2.44. The van der Waals surface area contributed by atoms with E-state index in [0.29, 0.717) is 13.0 Å². The third-order valence-electron chi connectivity index (χ3n) is 8.08. The Morgan fingerprint density at radius 3 is 2.50 bits per heavy atom. The first-order chi connectivity index (χ1) is 17.7. The number of benzene rings is 2. The van der Waals surface area contributed by atoms with Crippen LogP contribution in [0.1, 0.15) is 56.1 Å². The molecule has 0 aromatic heterocycles. The van der Waals surface area contributed by atoms with Gasteiger partial charge in [0.05, 0.1) is 6.61 Å². The lowest BCUT2D eigenvalue weighted by atomic mass is 9.90. The van der Waals surface area contributed by atoms with Crippen molar-refractivity contribution in [3.63, 3.8) is 0 Å². The first-order valence-electron chi connectivity index (χ1n) is 13.8. The van der Waals surface area contributed by atoms with Crippen molar-refractivity contribution in [1.82, 2.24) is 10.2 Å². The molecule has 0 radical (unpaired) electrons. The zero-order chi connectivity index (χ0) is 24.7. The molecule has 2 saturated heterocycles. The lowest BCUT2D eigenvalue weighted by molar-refractivity contribution is -0.117. The van der Waals surface area contributed by atoms with Crippen molar-refractivity contribution in [2.24, 2.45) is 5.92 Å². The summed E-state index contributed by atoms with van der Waals surface area (Å²) in [5.41, 5.74) is 5.34. The molecule has 1 amide bonds. The molecule has 2 fully saturated rings. The summed E-state index contributed by atoms with van der Waals surface area (Å²) < 4.78 is 11.5. The molecule has 0 spiro atoms. The smallest absolute Gasteiger partial charge is 0.247 e. The van der Waals surface area contributed by atoms with E-state index in [9.17, 15) is 4.79 Å². The monoisotopic (exact) mass is 488 g/mol. The molecule has 3 aliphatic heterocycles. The van der Waals surface area contributed by atoms with Gasteiger partial charge in [0.2, 0.25) is 5.91 Å². The molecule has 3 heterocycles. The molecule has 36 heavy (non-hydrogen) atoms. The van der Waals surface area contributed by atoms with E-state index in [4.69, 9.17) is 9.47 Å². The number of carbonyl (C=O) groups is 1. The molecular formula is C31H40N2O3. The third-order valence-corrected chi connectivity index (χ3v) is 8.08. The van der Waals surface area contributed by atoms with Gasteiger partial charge in [0.15, 0.2) is 0 Å². The molecule has 5 rings (SSSR count). The van der Waals surface area contributed by atoms with E-state index >= 15 is 0 Å². The highest BCUT2D eigenvalue weighted by Gasteiger charge is 2.26. The van der Waals surface area contributed by atoms with Crippen LogP contribution in [0, 0.1) is 12.8 Å². The third kappa shape index (κ3) is 6.37. The summed E-state index contributed by atoms with van der Waals surface area (Å²) in [4.78, 5) is 15.7. The highest BCUT2D eigenvalue weighted by Crippen LogP contribution is 2.31. The van der Waals surface area contributed by atoms with Crippen LogP contribution in [0.2, 0.25) is 0 Å². The van der Waals surface area contributed by atoms with E-state index < -0.39 is 0 Å². The minimum absolute atomic E-state index is 0.0431. The lowest BCUT2D eigenvalue weighted by Gasteiger charge is -2.39. The second-order valence-electron chi connectivity index (χ2n) is 10.6. The van der Waals surface area contributed by atoms with E-state index in [0.717, 1.165) is 60.6 Å². The zero-order valence-electron chi connectivity index (χ0n) is 21.6. The minimum Gasteiger partial charge on any atom is -0.493 e. The number of likely N-dealkylation sites (tertiary alicyclic amines) is 1. The van der Waals surface area contributed by atoms with Crippen molar-refractivity contribution in [2.75, 3.05) is 39.5 Å². The molecule has 0 unspecified atom stereocenters. The summed E-state index contributed by atoms with van der Waals surface area (Å²) in [5, 5.41) is 3.18. The molecule has 2 aromatic rings. The van der Waals surface area contributed by atoms with Crippen LogP contribution in [0.25, 0.3) is 17.2 Å². The Balaban J connectivity index is 1.10.